The number of nitrogens with zero attached hydrogens (tertiary/aromatic N) is 2. The van der Waals surface area contributed by atoms with Crippen LogP contribution in [0.2, 0.25) is 0 Å². The summed E-state index contributed by atoms with van der Waals surface area (Å²) in [4.78, 5) is 19.2. The van der Waals surface area contributed by atoms with Crippen LogP contribution in [0.1, 0.15) is 10.4 Å². The maximum atomic E-state index is 12.5. The standard InChI is InChI=1S/C24H23N3O3S/c1-27(2)19-9-5-16(6-10-19)23(29)25-18-7-3-17(4-8-18)24-26-21-12-11-20(30-14-13-28)15-22(21)31-24/h3-12,15,28H,13-14H2,1-2H3,(H,25,29). The molecule has 0 atom stereocenters. The maximum Gasteiger partial charge on any atom is 0.255 e. The zero-order valence-corrected chi connectivity index (χ0v) is 18.1. The van der Waals surface area contributed by atoms with Gasteiger partial charge in [0.25, 0.3) is 5.91 Å². The maximum absolute atomic E-state index is 12.5. The quantitative estimate of drug-likeness (QED) is 0.444. The summed E-state index contributed by atoms with van der Waals surface area (Å²) in [6, 6.07) is 20.8. The largest absolute Gasteiger partial charge is 0.491 e. The number of nitrogens with one attached hydrogen (secondary N) is 1. The molecule has 4 aromatic rings. The molecule has 31 heavy (non-hydrogen) atoms. The van der Waals surface area contributed by atoms with Gasteiger partial charge in [-0.25, -0.2) is 4.98 Å². The number of hydrogen-bond acceptors (Lipinski definition) is 6. The number of aliphatic hydroxyl groups is 1. The molecule has 0 unspecified atom stereocenters. The van der Waals surface area contributed by atoms with Gasteiger partial charge in [-0.2, -0.15) is 0 Å². The van der Waals surface area contributed by atoms with Crippen LogP contribution in [0.3, 0.4) is 0 Å². The number of aliphatic hydroxyl groups excluding tert-OH is 1. The van der Waals surface area contributed by atoms with E-state index in [4.69, 9.17) is 9.84 Å². The van der Waals surface area contributed by atoms with Crippen molar-refractivity contribution in [3.8, 4) is 16.3 Å². The van der Waals surface area contributed by atoms with Crippen LogP contribution < -0.4 is 15.0 Å². The topological polar surface area (TPSA) is 74.7 Å². The highest BCUT2D eigenvalue weighted by Crippen LogP contribution is 2.33. The fourth-order valence-corrected chi connectivity index (χ4v) is 4.09. The molecule has 0 saturated heterocycles. The Balaban J connectivity index is 1.46. The average molecular weight is 434 g/mol. The monoisotopic (exact) mass is 433 g/mol. The number of aromatic nitrogens is 1. The Kier molecular flexibility index (Phi) is 6.16. The summed E-state index contributed by atoms with van der Waals surface area (Å²) < 4.78 is 6.49. The zero-order chi connectivity index (χ0) is 21.8. The highest BCUT2D eigenvalue weighted by atomic mass is 32.1. The summed E-state index contributed by atoms with van der Waals surface area (Å²) in [6.45, 7) is 0.250. The first-order valence-corrected chi connectivity index (χ1v) is 10.7. The molecule has 1 amide bonds. The number of thiazole rings is 1. The third kappa shape index (κ3) is 4.84. The Morgan fingerprint density at radius 3 is 2.48 bits per heavy atom. The number of carbonyl (C=O) groups is 1. The summed E-state index contributed by atoms with van der Waals surface area (Å²) >= 11 is 1.57. The predicted molar refractivity (Wildman–Crippen MR) is 126 cm³/mol. The van der Waals surface area contributed by atoms with E-state index in [1.807, 2.05) is 85.7 Å². The minimum atomic E-state index is -0.145. The normalized spacial score (nSPS) is 10.8. The molecule has 3 aromatic carbocycles. The first-order chi connectivity index (χ1) is 15.0. The summed E-state index contributed by atoms with van der Waals surface area (Å²) in [5.74, 6) is 0.571. The van der Waals surface area contributed by atoms with Gasteiger partial charge in [0.15, 0.2) is 0 Å². The van der Waals surface area contributed by atoms with Crippen molar-refractivity contribution in [2.24, 2.45) is 0 Å². The van der Waals surface area contributed by atoms with E-state index in [1.165, 1.54) is 0 Å². The fourth-order valence-electron chi connectivity index (χ4n) is 3.09. The molecule has 0 aliphatic heterocycles. The van der Waals surface area contributed by atoms with Crippen molar-refractivity contribution in [2.75, 3.05) is 37.5 Å². The molecule has 4 rings (SSSR count). The molecule has 0 aliphatic carbocycles. The second-order valence-corrected chi connectivity index (χ2v) is 8.22. The average Bonchev–Trinajstić information content (AvgIpc) is 3.21. The smallest absolute Gasteiger partial charge is 0.255 e. The van der Waals surface area contributed by atoms with Gasteiger partial charge >= 0.3 is 0 Å². The van der Waals surface area contributed by atoms with Crippen molar-refractivity contribution in [2.45, 2.75) is 0 Å². The number of anilines is 2. The zero-order valence-electron chi connectivity index (χ0n) is 17.3. The van der Waals surface area contributed by atoms with Crippen molar-refractivity contribution in [3.63, 3.8) is 0 Å². The van der Waals surface area contributed by atoms with Crippen LogP contribution in [0.5, 0.6) is 5.75 Å². The first-order valence-electron chi connectivity index (χ1n) is 9.87. The number of carbonyl (C=O) groups excluding carboxylic acids is 1. The van der Waals surface area contributed by atoms with Crippen LogP contribution in [-0.2, 0) is 0 Å². The molecule has 0 aliphatic rings. The summed E-state index contributed by atoms with van der Waals surface area (Å²) in [5, 5.41) is 12.7. The van der Waals surface area contributed by atoms with Crippen LogP contribution >= 0.6 is 11.3 Å². The van der Waals surface area contributed by atoms with Gasteiger partial charge in [-0.15, -0.1) is 11.3 Å². The van der Waals surface area contributed by atoms with Crippen LogP contribution in [0.4, 0.5) is 11.4 Å². The Bertz CT molecular complexity index is 1190. The van der Waals surface area contributed by atoms with Crippen molar-refractivity contribution in [3.05, 3.63) is 72.3 Å². The van der Waals surface area contributed by atoms with Gasteiger partial charge in [-0.1, -0.05) is 0 Å². The van der Waals surface area contributed by atoms with Crippen molar-refractivity contribution in [1.82, 2.24) is 4.98 Å². The second kappa shape index (κ2) is 9.16. The molecule has 7 heteroatoms. The van der Waals surface area contributed by atoms with Crippen molar-refractivity contribution in [1.29, 1.82) is 0 Å². The van der Waals surface area contributed by atoms with Gasteiger partial charge in [0.2, 0.25) is 0 Å². The SMILES string of the molecule is CN(C)c1ccc(C(=O)Nc2ccc(-c3nc4ccc(OCCO)cc4s3)cc2)cc1. The van der Waals surface area contributed by atoms with E-state index >= 15 is 0 Å². The summed E-state index contributed by atoms with van der Waals surface area (Å²) in [6.07, 6.45) is 0. The second-order valence-electron chi connectivity index (χ2n) is 7.19. The van der Waals surface area contributed by atoms with Crippen LogP contribution in [-0.4, -0.2) is 43.3 Å². The van der Waals surface area contributed by atoms with Crippen LogP contribution in [0.25, 0.3) is 20.8 Å². The Labute approximate surface area is 184 Å². The Hall–Kier alpha value is -3.42. The lowest BCUT2D eigenvalue weighted by Crippen LogP contribution is -2.13. The molecular weight excluding hydrogens is 410 g/mol. The van der Waals surface area contributed by atoms with Gasteiger partial charge < -0.3 is 20.1 Å². The molecule has 0 bridgehead atoms. The number of rotatable bonds is 7. The van der Waals surface area contributed by atoms with Gasteiger partial charge in [-0.05, 0) is 66.7 Å². The number of hydrogen-bond donors (Lipinski definition) is 2. The molecule has 2 N–H and O–H groups in total. The molecule has 0 fully saturated rings. The lowest BCUT2D eigenvalue weighted by molar-refractivity contribution is 0.102. The van der Waals surface area contributed by atoms with E-state index in [0.717, 1.165) is 32.2 Å². The molecular formula is C24H23N3O3S. The number of fused-ring (bicyclic) bond motifs is 1. The molecule has 158 valence electrons. The molecule has 0 saturated carbocycles. The van der Waals surface area contributed by atoms with E-state index in [2.05, 4.69) is 10.3 Å². The van der Waals surface area contributed by atoms with Crippen LogP contribution in [0.15, 0.2) is 66.7 Å². The van der Waals surface area contributed by atoms with Gasteiger partial charge in [-0.3, -0.25) is 4.79 Å². The lowest BCUT2D eigenvalue weighted by atomic mass is 10.1. The molecule has 6 nitrogen and oxygen atoms in total. The van der Waals surface area contributed by atoms with Crippen LogP contribution in [0, 0.1) is 0 Å². The number of amides is 1. The van der Waals surface area contributed by atoms with E-state index in [0.29, 0.717) is 11.3 Å². The highest BCUT2D eigenvalue weighted by molar-refractivity contribution is 7.21. The van der Waals surface area contributed by atoms with E-state index in [-0.39, 0.29) is 19.1 Å². The Morgan fingerprint density at radius 2 is 1.81 bits per heavy atom. The van der Waals surface area contributed by atoms with E-state index in [1.54, 1.807) is 11.3 Å². The van der Waals surface area contributed by atoms with E-state index in [9.17, 15) is 4.79 Å². The van der Waals surface area contributed by atoms with Crippen molar-refractivity contribution < 1.29 is 14.6 Å². The molecule has 0 spiro atoms. The summed E-state index contributed by atoms with van der Waals surface area (Å²) in [5.41, 5.74) is 4.26. The summed E-state index contributed by atoms with van der Waals surface area (Å²) in [7, 11) is 3.93. The third-order valence-electron chi connectivity index (χ3n) is 4.76. The first kappa shape index (κ1) is 20.8. The third-order valence-corrected chi connectivity index (χ3v) is 5.82. The predicted octanol–water partition coefficient (Wildman–Crippen LogP) is 4.65. The lowest BCUT2D eigenvalue weighted by Gasteiger charge is -2.12. The molecule has 0 radical (unpaired) electrons. The van der Waals surface area contributed by atoms with Gasteiger partial charge in [0, 0.05) is 36.6 Å². The molecule has 1 aromatic heterocycles. The minimum absolute atomic E-state index is 0.0176. The van der Waals surface area contributed by atoms with E-state index < -0.39 is 0 Å². The molecule has 1 heterocycles. The minimum Gasteiger partial charge on any atom is -0.491 e. The fraction of sp³-hybridized carbons (Fsp3) is 0.167. The van der Waals surface area contributed by atoms with Gasteiger partial charge in [0.05, 0.1) is 16.8 Å². The number of benzene rings is 3. The van der Waals surface area contributed by atoms with Gasteiger partial charge in [0.1, 0.15) is 17.4 Å². The number of ether oxygens (including phenoxy) is 1. The Morgan fingerprint density at radius 1 is 1.06 bits per heavy atom. The highest BCUT2D eigenvalue weighted by Gasteiger charge is 2.10. The van der Waals surface area contributed by atoms with Crippen molar-refractivity contribution >= 4 is 38.8 Å².